The number of hydrogen-bond donors (Lipinski definition) is 0. The fourth-order valence-corrected chi connectivity index (χ4v) is 1.89. The van der Waals surface area contributed by atoms with E-state index in [1.165, 1.54) is 19.2 Å². The lowest BCUT2D eigenvalue weighted by Gasteiger charge is -2.19. The molecule has 2 heterocycles. The van der Waals surface area contributed by atoms with Crippen LogP contribution in [-0.4, -0.2) is 31.1 Å². The minimum Gasteiger partial charge on any atom is -0.463 e. The van der Waals surface area contributed by atoms with E-state index in [2.05, 4.69) is 4.74 Å². The average Bonchev–Trinajstić information content (AvgIpc) is 2.96. The summed E-state index contributed by atoms with van der Waals surface area (Å²) >= 11 is 0. The summed E-state index contributed by atoms with van der Waals surface area (Å²) in [6.45, 7) is 2.31. The van der Waals surface area contributed by atoms with Gasteiger partial charge < -0.3 is 13.9 Å². The fraction of sp³-hybridized carbons (Fsp3) is 0.500. The van der Waals surface area contributed by atoms with E-state index in [0.717, 1.165) is 6.42 Å². The first-order valence-electron chi connectivity index (χ1n) is 5.44. The summed E-state index contributed by atoms with van der Waals surface area (Å²) in [4.78, 5) is 23.3. The van der Waals surface area contributed by atoms with Gasteiger partial charge in [0.25, 0.3) is 0 Å². The summed E-state index contributed by atoms with van der Waals surface area (Å²) in [5.74, 6) is -0.668. The van der Waals surface area contributed by atoms with Crippen LogP contribution in [0.15, 0.2) is 16.5 Å². The molecule has 1 aliphatic heterocycles. The minimum absolute atomic E-state index is 0.0254. The highest BCUT2D eigenvalue weighted by Gasteiger charge is 2.40. The highest BCUT2D eigenvalue weighted by atomic mass is 16.5. The maximum atomic E-state index is 12.1. The molecule has 0 aliphatic carbocycles. The zero-order valence-electron chi connectivity index (χ0n) is 9.82. The van der Waals surface area contributed by atoms with Gasteiger partial charge in [0.2, 0.25) is 11.5 Å². The van der Waals surface area contributed by atoms with Crippen molar-refractivity contribution in [2.75, 3.05) is 13.7 Å². The van der Waals surface area contributed by atoms with Crippen molar-refractivity contribution in [3.05, 3.63) is 23.7 Å². The molecule has 1 aromatic heterocycles. The summed E-state index contributed by atoms with van der Waals surface area (Å²) in [7, 11) is 1.26. The Kier molecular flexibility index (Phi) is 3.02. The summed E-state index contributed by atoms with van der Waals surface area (Å²) in [5.41, 5.74) is -0.828. The lowest BCUT2D eigenvalue weighted by atomic mass is 9.96. The van der Waals surface area contributed by atoms with Gasteiger partial charge in [0, 0.05) is 6.61 Å². The topological polar surface area (TPSA) is 65.7 Å². The van der Waals surface area contributed by atoms with Gasteiger partial charge in [-0.2, -0.15) is 0 Å². The van der Waals surface area contributed by atoms with Gasteiger partial charge in [0.05, 0.1) is 7.11 Å². The van der Waals surface area contributed by atoms with Gasteiger partial charge in [-0.15, -0.1) is 0 Å². The van der Waals surface area contributed by atoms with E-state index in [9.17, 15) is 9.59 Å². The van der Waals surface area contributed by atoms with E-state index < -0.39 is 11.6 Å². The number of furan rings is 1. The quantitative estimate of drug-likeness (QED) is 0.593. The highest BCUT2D eigenvalue weighted by molar-refractivity contribution is 6.01. The van der Waals surface area contributed by atoms with E-state index in [1.54, 1.807) is 6.92 Å². The molecule has 0 amide bonds. The maximum Gasteiger partial charge on any atom is 0.373 e. The minimum atomic E-state index is -0.828. The molecule has 1 fully saturated rings. The van der Waals surface area contributed by atoms with Crippen LogP contribution >= 0.6 is 0 Å². The molecule has 1 aromatic rings. The molecular formula is C12H14O5. The van der Waals surface area contributed by atoms with E-state index in [-0.39, 0.29) is 17.3 Å². The van der Waals surface area contributed by atoms with Crippen LogP contribution in [0, 0.1) is 0 Å². The first-order chi connectivity index (χ1) is 8.07. The number of ketones is 1. The largest absolute Gasteiger partial charge is 0.463 e. The number of methoxy groups -OCH3 is 1. The van der Waals surface area contributed by atoms with Gasteiger partial charge in [-0.3, -0.25) is 4.79 Å². The number of ether oxygens (including phenoxy) is 2. The molecule has 0 N–H and O–H groups in total. The summed E-state index contributed by atoms with van der Waals surface area (Å²) < 4.78 is 15.1. The molecule has 1 saturated heterocycles. The van der Waals surface area contributed by atoms with Crippen molar-refractivity contribution in [2.45, 2.75) is 25.4 Å². The van der Waals surface area contributed by atoms with Gasteiger partial charge in [-0.1, -0.05) is 0 Å². The van der Waals surface area contributed by atoms with Crippen molar-refractivity contribution in [1.82, 2.24) is 0 Å². The van der Waals surface area contributed by atoms with Crippen LogP contribution < -0.4 is 0 Å². The summed E-state index contributed by atoms with van der Waals surface area (Å²) in [6.07, 6.45) is 1.52. The van der Waals surface area contributed by atoms with Crippen LogP contribution in [0.2, 0.25) is 0 Å². The SMILES string of the molecule is COC(=O)c1ccc(C(=O)C2(C)CCCO2)o1. The fourth-order valence-electron chi connectivity index (χ4n) is 1.89. The molecule has 92 valence electrons. The smallest absolute Gasteiger partial charge is 0.373 e. The number of Topliss-reactive ketones (excluding diaryl/α,β-unsaturated/α-hetero) is 1. The third-order valence-corrected chi connectivity index (χ3v) is 2.92. The van der Waals surface area contributed by atoms with Crippen molar-refractivity contribution in [1.29, 1.82) is 0 Å². The van der Waals surface area contributed by atoms with Gasteiger partial charge in [-0.05, 0) is 31.9 Å². The second kappa shape index (κ2) is 4.33. The van der Waals surface area contributed by atoms with Crippen molar-refractivity contribution < 1.29 is 23.5 Å². The Labute approximate surface area is 98.7 Å². The second-order valence-electron chi connectivity index (χ2n) is 4.17. The Morgan fingerprint density at radius 1 is 1.35 bits per heavy atom. The first kappa shape index (κ1) is 11.9. The zero-order valence-corrected chi connectivity index (χ0v) is 9.82. The molecule has 1 atom stereocenters. The monoisotopic (exact) mass is 238 g/mol. The Bertz CT molecular complexity index is 440. The van der Waals surface area contributed by atoms with E-state index in [4.69, 9.17) is 9.15 Å². The molecule has 2 rings (SSSR count). The average molecular weight is 238 g/mol. The number of carbonyl (C=O) groups is 2. The number of rotatable bonds is 3. The third kappa shape index (κ3) is 2.10. The van der Waals surface area contributed by atoms with Crippen molar-refractivity contribution in [2.24, 2.45) is 0 Å². The highest BCUT2D eigenvalue weighted by Crippen LogP contribution is 2.29. The molecule has 1 unspecified atom stereocenters. The van der Waals surface area contributed by atoms with Gasteiger partial charge in [-0.25, -0.2) is 4.79 Å². The van der Waals surface area contributed by atoms with Crippen LogP contribution in [0.1, 0.15) is 40.9 Å². The molecule has 5 nitrogen and oxygen atoms in total. The van der Waals surface area contributed by atoms with E-state index in [1.807, 2.05) is 0 Å². The molecule has 17 heavy (non-hydrogen) atoms. The molecule has 0 aromatic carbocycles. The Morgan fingerprint density at radius 3 is 2.65 bits per heavy atom. The molecule has 0 radical (unpaired) electrons. The Hall–Kier alpha value is -1.62. The van der Waals surface area contributed by atoms with Gasteiger partial charge in [0.1, 0.15) is 5.60 Å². The first-order valence-corrected chi connectivity index (χ1v) is 5.44. The Morgan fingerprint density at radius 2 is 2.06 bits per heavy atom. The predicted molar refractivity (Wildman–Crippen MR) is 58.0 cm³/mol. The van der Waals surface area contributed by atoms with Crippen molar-refractivity contribution >= 4 is 11.8 Å². The molecular weight excluding hydrogens is 224 g/mol. The van der Waals surface area contributed by atoms with Gasteiger partial charge >= 0.3 is 5.97 Å². The lowest BCUT2D eigenvalue weighted by molar-refractivity contribution is 0.0188. The predicted octanol–water partition coefficient (Wildman–Crippen LogP) is 1.82. The van der Waals surface area contributed by atoms with E-state index in [0.29, 0.717) is 13.0 Å². The number of hydrogen-bond acceptors (Lipinski definition) is 5. The van der Waals surface area contributed by atoms with Crippen LogP contribution in [0.3, 0.4) is 0 Å². The standard InChI is InChI=1S/C12H14O5/c1-12(6-3-7-16-12)10(13)8-4-5-9(17-8)11(14)15-2/h4-5H,3,6-7H2,1-2H3. The van der Waals surface area contributed by atoms with Crippen LogP contribution in [0.5, 0.6) is 0 Å². The van der Waals surface area contributed by atoms with Gasteiger partial charge in [0.15, 0.2) is 5.76 Å². The summed E-state index contributed by atoms with van der Waals surface area (Å²) in [6, 6.07) is 2.90. The zero-order chi connectivity index (χ0) is 12.5. The van der Waals surface area contributed by atoms with Crippen molar-refractivity contribution in [3.63, 3.8) is 0 Å². The van der Waals surface area contributed by atoms with Crippen LogP contribution in [-0.2, 0) is 9.47 Å². The molecule has 0 spiro atoms. The molecule has 5 heteroatoms. The molecule has 0 bridgehead atoms. The normalized spacial score (nSPS) is 23.6. The number of esters is 1. The van der Waals surface area contributed by atoms with Crippen molar-refractivity contribution in [3.8, 4) is 0 Å². The van der Waals surface area contributed by atoms with Crippen LogP contribution in [0.25, 0.3) is 0 Å². The third-order valence-electron chi connectivity index (χ3n) is 2.92. The van der Waals surface area contributed by atoms with E-state index >= 15 is 0 Å². The Balaban J connectivity index is 2.20. The molecule has 1 aliphatic rings. The van der Waals surface area contributed by atoms with Crippen LogP contribution in [0.4, 0.5) is 0 Å². The lowest BCUT2D eigenvalue weighted by Crippen LogP contribution is -2.34. The molecule has 0 saturated carbocycles. The summed E-state index contributed by atoms with van der Waals surface area (Å²) in [5, 5.41) is 0. The number of carbonyl (C=O) groups excluding carboxylic acids is 2. The maximum absolute atomic E-state index is 12.1. The second-order valence-corrected chi connectivity index (χ2v) is 4.17.